The van der Waals surface area contributed by atoms with Gasteiger partial charge in [0, 0.05) is 18.7 Å². The molecule has 2 rings (SSSR count). The van der Waals surface area contributed by atoms with Crippen molar-refractivity contribution in [2.45, 2.75) is 13.5 Å². The minimum Gasteiger partial charge on any atom is -0.436 e. The van der Waals surface area contributed by atoms with Gasteiger partial charge in [-0.25, -0.2) is 19.6 Å². The molecule has 0 radical (unpaired) electrons. The second kappa shape index (κ2) is 6.91. The van der Waals surface area contributed by atoms with Crippen molar-refractivity contribution in [1.82, 2.24) is 9.97 Å². The van der Waals surface area contributed by atoms with Gasteiger partial charge < -0.3 is 14.9 Å². The number of rotatable bonds is 6. The Morgan fingerprint density at radius 1 is 1.24 bits per heavy atom. The van der Waals surface area contributed by atoms with Gasteiger partial charge in [-0.05, 0) is 19.1 Å². The lowest BCUT2D eigenvalue weighted by atomic mass is 10.3. The number of nitrogens with zero attached hydrogens (tertiary/aromatic N) is 2. The number of halogens is 2. The summed E-state index contributed by atoms with van der Waals surface area (Å²) in [6.45, 7) is 2.46. The molecule has 0 unspecified atom stereocenters. The Bertz CT molecular complexity index is 625. The molecule has 0 saturated carbocycles. The maximum Gasteiger partial charge on any atom is 0.224 e. The van der Waals surface area contributed by atoms with Gasteiger partial charge in [-0.3, -0.25) is 0 Å². The van der Waals surface area contributed by atoms with E-state index >= 15 is 0 Å². The van der Waals surface area contributed by atoms with Gasteiger partial charge in [-0.2, -0.15) is 4.98 Å². The molecular formula is C13H14F2N4O2. The van der Waals surface area contributed by atoms with E-state index in [1.807, 2.05) is 6.92 Å². The van der Waals surface area contributed by atoms with Crippen molar-refractivity contribution in [3.05, 3.63) is 41.7 Å². The van der Waals surface area contributed by atoms with E-state index < -0.39 is 11.6 Å². The highest BCUT2D eigenvalue weighted by molar-refractivity contribution is 5.39. The van der Waals surface area contributed by atoms with E-state index in [1.165, 1.54) is 6.07 Å². The van der Waals surface area contributed by atoms with Crippen molar-refractivity contribution in [3.63, 3.8) is 0 Å². The second-order valence-electron chi connectivity index (χ2n) is 3.97. The molecule has 0 amide bonds. The first-order valence-electron chi connectivity index (χ1n) is 6.17. The number of ether oxygens (including phenoxy) is 2. The van der Waals surface area contributed by atoms with Crippen LogP contribution in [0.4, 0.5) is 14.6 Å². The average molecular weight is 296 g/mol. The SMILES string of the molecule is CCOCc1nc(NN)cc(Oc2cc(F)ccc2F)n1. The van der Waals surface area contributed by atoms with Crippen LogP contribution < -0.4 is 16.0 Å². The van der Waals surface area contributed by atoms with Crippen molar-refractivity contribution in [1.29, 1.82) is 0 Å². The minimum atomic E-state index is -0.705. The molecule has 0 spiro atoms. The highest BCUT2D eigenvalue weighted by atomic mass is 19.1. The van der Waals surface area contributed by atoms with Crippen molar-refractivity contribution in [2.24, 2.45) is 5.84 Å². The Kier molecular flexibility index (Phi) is 4.96. The zero-order valence-electron chi connectivity index (χ0n) is 11.3. The number of anilines is 1. The van der Waals surface area contributed by atoms with Gasteiger partial charge in [-0.15, -0.1) is 0 Å². The average Bonchev–Trinajstić information content (AvgIpc) is 2.48. The molecule has 112 valence electrons. The molecule has 0 atom stereocenters. The van der Waals surface area contributed by atoms with E-state index in [1.54, 1.807) is 0 Å². The van der Waals surface area contributed by atoms with Crippen LogP contribution in [0, 0.1) is 11.6 Å². The van der Waals surface area contributed by atoms with Crippen LogP contribution in [0.5, 0.6) is 11.6 Å². The van der Waals surface area contributed by atoms with Gasteiger partial charge >= 0.3 is 0 Å². The molecule has 0 fully saturated rings. The molecule has 2 aromatic rings. The molecule has 0 aliphatic rings. The fourth-order valence-electron chi connectivity index (χ4n) is 1.52. The standard InChI is InChI=1S/C13H14F2N4O2/c1-2-20-7-12-17-11(19-16)6-13(18-12)21-10-5-8(14)3-4-9(10)15/h3-6H,2,7,16H2,1H3,(H,17,18,19). The summed E-state index contributed by atoms with van der Waals surface area (Å²) in [6, 6.07) is 4.25. The summed E-state index contributed by atoms with van der Waals surface area (Å²) in [5.74, 6) is 4.29. The molecule has 1 aromatic carbocycles. The molecule has 0 bridgehead atoms. The van der Waals surface area contributed by atoms with Crippen LogP contribution in [0.2, 0.25) is 0 Å². The Labute approximate surface area is 119 Å². The Hall–Kier alpha value is -2.32. The Morgan fingerprint density at radius 2 is 2.05 bits per heavy atom. The van der Waals surface area contributed by atoms with Crippen molar-refractivity contribution < 1.29 is 18.3 Å². The summed E-state index contributed by atoms with van der Waals surface area (Å²) in [5, 5.41) is 0. The Morgan fingerprint density at radius 3 is 2.76 bits per heavy atom. The summed E-state index contributed by atoms with van der Waals surface area (Å²) in [4.78, 5) is 8.09. The predicted octanol–water partition coefficient (Wildman–Crippen LogP) is 2.37. The second-order valence-corrected chi connectivity index (χ2v) is 3.97. The molecular weight excluding hydrogens is 282 g/mol. The minimum absolute atomic E-state index is 0.0251. The largest absolute Gasteiger partial charge is 0.436 e. The zero-order chi connectivity index (χ0) is 15.2. The van der Waals surface area contributed by atoms with Gasteiger partial charge in [0.25, 0.3) is 0 Å². The summed E-state index contributed by atoms with van der Waals surface area (Å²) < 4.78 is 37.1. The summed E-state index contributed by atoms with van der Waals surface area (Å²) in [5.41, 5.74) is 2.34. The lowest BCUT2D eigenvalue weighted by molar-refractivity contribution is 0.128. The zero-order valence-corrected chi connectivity index (χ0v) is 11.3. The smallest absolute Gasteiger partial charge is 0.224 e. The number of hydrogen-bond donors (Lipinski definition) is 2. The maximum absolute atomic E-state index is 13.5. The fraction of sp³-hybridized carbons (Fsp3) is 0.231. The molecule has 21 heavy (non-hydrogen) atoms. The van der Waals surface area contributed by atoms with Gasteiger partial charge in [0.15, 0.2) is 17.4 Å². The highest BCUT2D eigenvalue weighted by Gasteiger charge is 2.10. The number of nitrogens with two attached hydrogens (primary N) is 1. The molecule has 1 heterocycles. The van der Waals surface area contributed by atoms with E-state index in [2.05, 4.69) is 15.4 Å². The molecule has 0 saturated heterocycles. The first-order valence-corrected chi connectivity index (χ1v) is 6.17. The third kappa shape index (κ3) is 4.07. The molecule has 3 N–H and O–H groups in total. The highest BCUT2D eigenvalue weighted by Crippen LogP contribution is 2.25. The van der Waals surface area contributed by atoms with Crippen molar-refractivity contribution >= 4 is 5.82 Å². The number of aromatic nitrogens is 2. The van der Waals surface area contributed by atoms with Crippen LogP contribution in [0.25, 0.3) is 0 Å². The van der Waals surface area contributed by atoms with Gasteiger partial charge in [0.1, 0.15) is 18.2 Å². The first-order chi connectivity index (χ1) is 10.1. The topological polar surface area (TPSA) is 82.3 Å². The maximum atomic E-state index is 13.5. The van der Waals surface area contributed by atoms with E-state index in [0.717, 1.165) is 18.2 Å². The van der Waals surface area contributed by atoms with Crippen LogP contribution in [0.3, 0.4) is 0 Å². The fourth-order valence-corrected chi connectivity index (χ4v) is 1.52. The van der Waals surface area contributed by atoms with Gasteiger partial charge in [0.05, 0.1) is 0 Å². The van der Waals surface area contributed by atoms with Crippen LogP contribution in [-0.2, 0) is 11.3 Å². The van der Waals surface area contributed by atoms with Crippen LogP contribution in [0.15, 0.2) is 24.3 Å². The lowest BCUT2D eigenvalue weighted by Crippen LogP contribution is -2.11. The van der Waals surface area contributed by atoms with Crippen molar-refractivity contribution in [2.75, 3.05) is 12.0 Å². The first kappa shape index (κ1) is 15.1. The molecule has 1 aromatic heterocycles. The van der Waals surface area contributed by atoms with Crippen molar-refractivity contribution in [3.8, 4) is 11.6 Å². The summed E-state index contributed by atoms with van der Waals surface area (Å²) in [7, 11) is 0. The van der Waals surface area contributed by atoms with E-state index in [4.69, 9.17) is 15.3 Å². The molecule has 0 aliphatic carbocycles. The van der Waals surface area contributed by atoms with Gasteiger partial charge in [0.2, 0.25) is 5.88 Å². The third-order valence-electron chi connectivity index (χ3n) is 2.44. The van der Waals surface area contributed by atoms with Crippen LogP contribution >= 0.6 is 0 Å². The number of nitrogen functional groups attached to an aromatic ring is 1. The molecule has 6 nitrogen and oxygen atoms in total. The lowest BCUT2D eigenvalue weighted by Gasteiger charge is -2.09. The molecule has 8 heteroatoms. The number of hydrazine groups is 1. The van der Waals surface area contributed by atoms with Crippen LogP contribution in [0.1, 0.15) is 12.7 Å². The number of hydrogen-bond acceptors (Lipinski definition) is 6. The van der Waals surface area contributed by atoms with Crippen LogP contribution in [-0.4, -0.2) is 16.6 Å². The van der Waals surface area contributed by atoms with E-state index in [0.29, 0.717) is 12.4 Å². The predicted molar refractivity (Wildman–Crippen MR) is 71.6 cm³/mol. The van der Waals surface area contributed by atoms with Gasteiger partial charge in [-0.1, -0.05) is 0 Å². The summed E-state index contributed by atoms with van der Waals surface area (Å²) >= 11 is 0. The number of nitrogens with one attached hydrogen (secondary N) is 1. The Balaban J connectivity index is 2.27. The normalized spacial score (nSPS) is 10.5. The third-order valence-corrected chi connectivity index (χ3v) is 2.44. The molecule has 0 aliphatic heterocycles. The number of benzene rings is 1. The van der Waals surface area contributed by atoms with E-state index in [9.17, 15) is 8.78 Å². The van der Waals surface area contributed by atoms with E-state index in [-0.39, 0.29) is 24.1 Å². The quantitative estimate of drug-likeness (QED) is 0.629. The summed E-state index contributed by atoms with van der Waals surface area (Å²) in [6.07, 6.45) is 0. The monoisotopic (exact) mass is 296 g/mol.